The average molecular weight is 348 g/mol. The van der Waals surface area contributed by atoms with E-state index >= 15 is 0 Å². The Balaban J connectivity index is 1.56. The lowest BCUT2D eigenvalue weighted by Crippen LogP contribution is -2.18. The fourth-order valence-corrected chi connectivity index (χ4v) is 3.83. The van der Waals surface area contributed by atoms with E-state index in [1.54, 1.807) is 0 Å². The first-order valence-electron chi connectivity index (χ1n) is 7.97. The summed E-state index contributed by atoms with van der Waals surface area (Å²) < 4.78 is 5.75. The van der Waals surface area contributed by atoms with Crippen LogP contribution in [-0.2, 0) is 6.61 Å². The summed E-state index contributed by atoms with van der Waals surface area (Å²) in [4.78, 5) is 14.2. The summed E-state index contributed by atoms with van der Waals surface area (Å²) in [5.41, 5.74) is 6.48. The highest BCUT2D eigenvalue weighted by atomic mass is 32.1. The van der Waals surface area contributed by atoms with Gasteiger partial charge in [0, 0.05) is 16.0 Å². The van der Waals surface area contributed by atoms with Crippen molar-refractivity contribution in [2.45, 2.75) is 13.5 Å². The van der Waals surface area contributed by atoms with E-state index < -0.39 is 0 Å². The third-order valence-electron chi connectivity index (χ3n) is 4.06. The minimum atomic E-state index is -0.202. The molecule has 2 aromatic carbocycles. The number of carbonyl (C=O) groups is 1. The summed E-state index contributed by atoms with van der Waals surface area (Å²) in [6.07, 6.45) is 0. The van der Waals surface area contributed by atoms with E-state index in [0.717, 1.165) is 33.0 Å². The molecular weight excluding hydrogens is 332 g/mol. The second-order valence-electron chi connectivity index (χ2n) is 5.75. The van der Waals surface area contributed by atoms with Gasteiger partial charge >= 0.3 is 0 Å². The van der Waals surface area contributed by atoms with Gasteiger partial charge in [-0.25, -0.2) is 5.43 Å². The molecule has 1 N–H and O–H groups in total. The highest BCUT2D eigenvalue weighted by Gasteiger charge is 2.22. The first kappa shape index (κ1) is 15.6. The smallest absolute Gasteiger partial charge is 0.281 e. The third kappa shape index (κ3) is 3.06. The Hall–Kier alpha value is -2.92. The van der Waals surface area contributed by atoms with Gasteiger partial charge in [0.15, 0.2) is 0 Å². The van der Waals surface area contributed by atoms with Crippen LogP contribution in [-0.4, -0.2) is 11.6 Å². The molecule has 0 atom stereocenters. The topological polar surface area (TPSA) is 50.7 Å². The summed E-state index contributed by atoms with van der Waals surface area (Å²) in [6.45, 7) is 2.36. The maximum atomic E-state index is 12.5. The number of benzene rings is 2. The Morgan fingerprint density at radius 3 is 2.72 bits per heavy atom. The van der Waals surface area contributed by atoms with Gasteiger partial charge in [-0.15, -0.1) is 11.3 Å². The second-order valence-corrected chi connectivity index (χ2v) is 6.81. The zero-order valence-electron chi connectivity index (χ0n) is 13.7. The Kier molecular flexibility index (Phi) is 4.07. The molecule has 0 saturated carbocycles. The molecule has 124 valence electrons. The summed E-state index contributed by atoms with van der Waals surface area (Å²) in [6, 6.07) is 19.5. The molecular formula is C20H16N2O2S. The number of carbonyl (C=O) groups excluding carboxylic acids is 1. The van der Waals surface area contributed by atoms with E-state index in [-0.39, 0.29) is 5.91 Å². The Morgan fingerprint density at radius 2 is 1.88 bits per heavy atom. The predicted molar refractivity (Wildman–Crippen MR) is 100 cm³/mol. The number of ether oxygens (including phenoxy) is 1. The molecule has 4 nitrogen and oxygen atoms in total. The van der Waals surface area contributed by atoms with Gasteiger partial charge in [0.05, 0.1) is 10.6 Å². The van der Waals surface area contributed by atoms with Gasteiger partial charge < -0.3 is 4.74 Å². The Bertz CT molecular complexity index is 961. The van der Waals surface area contributed by atoms with Crippen molar-refractivity contribution in [1.29, 1.82) is 0 Å². The van der Waals surface area contributed by atoms with Crippen LogP contribution in [0, 0.1) is 0 Å². The zero-order chi connectivity index (χ0) is 17.2. The number of amides is 1. The van der Waals surface area contributed by atoms with Crippen molar-refractivity contribution in [2.75, 3.05) is 0 Å². The molecule has 1 aliphatic rings. The van der Waals surface area contributed by atoms with E-state index in [1.165, 1.54) is 11.3 Å². The summed E-state index contributed by atoms with van der Waals surface area (Å²) in [5.74, 6) is 0.661. The highest BCUT2D eigenvalue weighted by molar-refractivity contribution is 7.17. The predicted octanol–water partition coefficient (Wildman–Crippen LogP) is 4.46. The van der Waals surface area contributed by atoms with Crippen LogP contribution in [0.4, 0.5) is 0 Å². The normalized spacial score (nSPS) is 12.8. The van der Waals surface area contributed by atoms with E-state index in [4.69, 9.17) is 4.74 Å². The van der Waals surface area contributed by atoms with Gasteiger partial charge in [-0.1, -0.05) is 42.5 Å². The van der Waals surface area contributed by atoms with Crippen molar-refractivity contribution in [3.63, 3.8) is 0 Å². The maximum Gasteiger partial charge on any atom is 0.281 e. The quantitative estimate of drug-likeness (QED) is 0.561. The van der Waals surface area contributed by atoms with E-state index in [2.05, 4.69) is 10.5 Å². The summed E-state index contributed by atoms with van der Waals surface area (Å²) in [5, 5.41) is 4.21. The average Bonchev–Trinajstić information content (AvgIpc) is 3.11. The molecule has 4 rings (SSSR count). The molecule has 25 heavy (non-hydrogen) atoms. The van der Waals surface area contributed by atoms with Gasteiger partial charge in [-0.05, 0) is 30.7 Å². The number of hydrogen-bond donors (Lipinski definition) is 1. The van der Waals surface area contributed by atoms with E-state index in [0.29, 0.717) is 11.5 Å². The zero-order valence-corrected chi connectivity index (χ0v) is 14.5. The first-order valence-corrected chi connectivity index (χ1v) is 8.79. The SMILES string of the molecule is C/C(=N\NC(=O)c1cc2c(s1)-c1ccccc1OC2)c1ccccc1. The van der Waals surface area contributed by atoms with Gasteiger partial charge in [0.2, 0.25) is 0 Å². The molecule has 1 amide bonds. The van der Waals surface area contributed by atoms with Crippen molar-refractivity contribution in [3.8, 4) is 16.2 Å². The van der Waals surface area contributed by atoms with Gasteiger partial charge in [-0.2, -0.15) is 5.10 Å². The molecule has 5 heteroatoms. The number of nitrogens with zero attached hydrogens (tertiary/aromatic N) is 1. The van der Waals surface area contributed by atoms with Crippen molar-refractivity contribution in [3.05, 3.63) is 76.7 Å². The monoisotopic (exact) mass is 348 g/mol. The lowest BCUT2D eigenvalue weighted by atomic mass is 10.1. The van der Waals surface area contributed by atoms with Crippen LogP contribution in [0.25, 0.3) is 10.4 Å². The van der Waals surface area contributed by atoms with Crippen LogP contribution in [0.1, 0.15) is 27.7 Å². The molecule has 0 saturated heterocycles. The molecule has 0 unspecified atom stereocenters. The number of thiophene rings is 1. The summed E-state index contributed by atoms with van der Waals surface area (Å²) in [7, 11) is 0. The van der Waals surface area contributed by atoms with Crippen molar-refractivity contribution in [2.24, 2.45) is 5.10 Å². The van der Waals surface area contributed by atoms with Crippen LogP contribution in [0.2, 0.25) is 0 Å². The molecule has 2 heterocycles. The Morgan fingerprint density at radius 1 is 1.12 bits per heavy atom. The molecule has 0 bridgehead atoms. The minimum Gasteiger partial charge on any atom is -0.488 e. The Labute approximate surface area is 149 Å². The van der Waals surface area contributed by atoms with Crippen molar-refractivity contribution >= 4 is 23.0 Å². The van der Waals surface area contributed by atoms with Crippen LogP contribution >= 0.6 is 11.3 Å². The highest BCUT2D eigenvalue weighted by Crippen LogP contribution is 2.42. The molecule has 1 aliphatic heterocycles. The number of hydrazone groups is 1. The van der Waals surface area contributed by atoms with E-state index in [1.807, 2.05) is 67.6 Å². The number of hydrogen-bond acceptors (Lipinski definition) is 4. The van der Waals surface area contributed by atoms with Gasteiger partial charge in [0.1, 0.15) is 12.4 Å². The molecule has 3 aromatic rings. The first-order chi connectivity index (χ1) is 12.2. The maximum absolute atomic E-state index is 12.5. The standard InChI is InChI=1S/C20H16N2O2S/c1-13(14-7-3-2-4-8-14)21-22-20(23)18-11-15-12-24-17-10-6-5-9-16(17)19(15)25-18/h2-11H,12H2,1H3,(H,22,23)/b21-13+. The third-order valence-corrected chi connectivity index (χ3v) is 5.27. The lowest BCUT2D eigenvalue weighted by molar-refractivity contribution is 0.0959. The van der Waals surface area contributed by atoms with E-state index in [9.17, 15) is 4.79 Å². The van der Waals surface area contributed by atoms with Crippen LogP contribution in [0.5, 0.6) is 5.75 Å². The molecule has 0 radical (unpaired) electrons. The largest absolute Gasteiger partial charge is 0.488 e. The van der Waals surface area contributed by atoms with Crippen molar-refractivity contribution < 1.29 is 9.53 Å². The molecule has 0 spiro atoms. The van der Waals surface area contributed by atoms with Crippen LogP contribution in [0.3, 0.4) is 0 Å². The van der Waals surface area contributed by atoms with Crippen LogP contribution < -0.4 is 10.2 Å². The van der Waals surface area contributed by atoms with Gasteiger partial charge in [0.25, 0.3) is 5.91 Å². The van der Waals surface area contributed by atoms with Crippen molar-refractivity contribution in [1.82, 2.24) is 5.43 Å². The fourth-order valence-electron chi connectivity index (χ4n) is 2.75. The van der Waals surface area contributed by atoms with Gasteiger partial charge in [-0.3, -0.25) is 4.79 Å². The fraction of sp³-hybridized carbons (Fsp3) is 0.100. The molecule has 1 aromatic heterocycles. The second kappa shape index (κ2) is 6.53. The number of nitrogens with one attached hydrogen (secondary N) is 1. The molecule has 0 aliphatic carbocycles. The number of fused-ring (bicyclic) bond motifs is 3. The van der Waals surface area contributed by atoms with Crippen LogP contribution in [0.15, 0.2) is 65.8 Å². The summed E-state index contributed by atoms with van der Waals surface area (Å²) >= 11 is 1.47. The number of rotatable bonds is 3. The molecule has 0 fully saturated rings. The lowest BCUT2D eigenvalue weighted by Gasteiger charge is -2.16. The minimum absolute atomic E-state index is 0.202. The number of para-hydroxylation sites is 1.